The van der Waals surface area contributed by atoms with Gasteiger partial charge in [0.25, 0.3) is 0 Å². The first kappa shape index (κ1) is 13.6. The van der Waals surface area contributed by atoms with Gasteiger partial charge in [0.2, 0.25) is 5.82 Å². The molecular weight excluding hydrogens is 307 g/mol. The van der Waals surface area contributed by atoms with E-state index < -0.39 is 12.0 Å². The Morgan fingerprint density at radius 1 is 1.19 bits per heavy atom. The molecule has 5 nitrogen and oxygen atoms in total. The van der Waals surface area contributed by atoms with Crippen LogP contribution in [0.5, 0.6) is 0 Å². The van der Waals surface area contributed by atoms with Gasteiger partial charge in [-0.2, -0.15) is 13.2 Å². The fourth-order valence-corrected chi connectivity index (χ4v) is 1.95. The summed E-state index contributed by atoms with van der Waals surface area (Å²) in [6.45, 7) is 0. The monoisotopic (exact) mass is 313 g/mol. The number of rotatable bonds is 2. The summed E-state index contributed by atoms with van der Waals surface area (Å²) in [4.78, 5) is 13.2. The standard InChI is InChI=1S/C12H7ClF3N5/c13-6-2-1-3-7(4-6)19-9-8-10(18-5-17-9)21-11(20-8)12(14,15)16/h1-5H,(H2,17,18,19,20,21). The van der Waals surface area contributed by atoms with E-state index in [0.29, 0.717) is 10.7 Å². The number of halogens is 4. The van der Waals surface area contributed by atoms with Gasteiger partial charge in [-0.25, -0.2) is 15.0 Å². The maximum atomic E-state index is 12.7. The van der Waals surface area contributed by atoms with Gasteiger partial charge in [0.15, 0.2) is 11.5 Å². The molecule has 1 aromatic carbocycles. The molecule has 3 rings (SSSR count). The molecule has 0 aliphatic rings. The lowest BCUT2D eigenvalue weighted by molar-refractivity contribution is -0.144. The van der Waals surface area contributed by atoms with Crippen LogP contribution < -0.4 is 5.32 Å². The minimum atomic E-state index is -4.58. The van der Waals surface area contributed by atoms with Crippen LogP contribution in [0.1, 0.15) is 5.82 Å². The van der Waals surface area contributed by atoms with Crippen molar-refractivity contribution in [2.45, 2.75) is 6.18 Å². The summed E-state index contributed by atoms with van der Waals surface area (Å²) in [7, 11) is 0. The Kier molecular flexibility index (Phi) is 3.17. The highest BCUT2D eigenvalue weighted by molar-refractivity contribution is 6.30. The van der Waals surface area contributed by atoms with Crippen LogP contribution in [-0.4, -0.2) is 19.9 Å². The largest absolute Gasteiger partial charge is 0.449 e. The number of imidazole rings is 1. The molecule has 108 valence electrons. The van der Waals surface area contributed by atoms with E-state index in [1.54, 1.807) is 24.3 Å². The first-order valence-electron chi connectivity index (χ1n) is 5.74. The van der Waals surface area contributed by atoms with Gasteiger partial charge >= 0.3 is 6.18 Å². The summed E-state index contributed by atoms with van der Waals surface area (Å²) >= 11 is 5.85. The Labute approximate surface area is 121 Å². The van der Waals surface area contributed by atoms with Crippen LogP contribution in [0.15, 0.2) is 30.6 Å². The first-order valence-corrected chi connectivity index (χ1v) is 6.12. The van der Waals surface area contributed by atoms with Crippen molar-refractivity contribution in [3.8, 4) is 0 Å². The zero-order valence-electron chi connectivity index (χ0n) is 10.2. The molecule has 0 fully saturated rings. The molecule has 0 atom stereocenters. The molecule has 9 heteroatoms. The highest BCUT2D eigenvalue weighted by atomic mass is 35.5. The summed E-state index contributed by atoms with van der Waals surface area (Å²) in [6, 6.07) is 6.72. The number of nitrogens with one attached hydrogen (secondary N) is 2. The summed E-state index contributed by atoms with van der Waals surface area (Å²) in [5.41, 5.74) is 0.595. The number of aromatic nitrogens is 4. The lowest BCUT2D eigenvalue weighted by atomic mass is 10.3. The summed E-state index contributed by atoms with van der Waals surface area (Å²) < 4.78 is 38.0. The number of benzene rings is 1. The van der Waals surface area contributed by atoms with Gasteiger partial charge in [-0.05, 0) is 18.2 Å². The van der Waals surface area contributed by atoms with E-state index in [9.17, 15) is 13.2 Å². The molecule has 2 N–H and O–H groups in total. The van der Waals surface area contributed by atoms with Crippen LogP contribution in [0.4, 0.5) is 24.7 Å². The van der Waals surface area contributed by atoms with Crippen molar-refractivity contribution in [1.82, 2.24) is 19.9 Å². The number of fused-ring (bicyclic) bond motifs is 1. The highest BCUT2D eigenvalue weighted by Crippen LogP contribution is 2.30. The molecular formula is C12H7ClF3N5. The van der Waals surface area contributed by atoms with Crippen LogP contribution in [-0.2, 0) is 6.18 Å². The normalized spacial score (nSPS) is 11.8. The molecule has 0 amide bonds. The van der Waals surface area contributed by atoms with Gasteiger partial charge < -0.3 is 10.3 Å². The maximum absolute atomic E-state index is 12.7. The second-order valence-electron chi connectivity index (χ2n) is 4.14. The molecule has 0 aliphatic carbocycles. The predicted molar refractivity (Wildman–Crippen MR) is 71.4 cm³/mol. The van der Waals surface area contributed by atoms with E-state index in [4.69, 9.17) is 11.6 Å². The minimum Gasteiger partial charge on any atom is -0.338 e. The Bertz CT molecular complexity index is 799. The second kappa shape index (κ2) is 4.88. The van der Waals surface area contributed by atoms with Crippen molar-refractivity contribution in [2.75, 3.05) is 5.32 Å². The number of alkyl halides is 3. The van der Waals surface area contributed by atoms with Gasteiger partial charge in [-0.3, -0.25) is 0 Å². The lowest BCUT2D eigenvalue weighted by Crippen LogP contribution is -2.07. The molecule has 0 spiro atoms. The van der Waals surface area contributed by atoms with Gasteiger partial charge in [-0.15, -0.1) is 0 Å². The van der Waals surface area contributed by atoms with E-state index in [-0.39, 0.29) is 17.0 Å². The van der Waals surface area contributed by atoms with Crippen molar-refractivity contribution in [1.29, 1.82) is 0 Å². The first-order chi connectivity index (χ1) is 9.93. The second-order valence-corrected chi connectivity index (χ2v) is 4.58. The molecule has 0 bridgehead atoms. The van der Waals surface area contributed by atoms with Gasteiger partial charge in [0, 0.05) is 10.7 Å². The summed E-state index contributed by atoms with van der Waals surface area (Å²) in [5.74, 6) is -0.933. The van der Waals surface area contributed by atoms with Crippen molar-refractivity contribution in [2.24, 2.45) is 0 Å². The van der Waals surface area contributed by atoms with Crippen molar-refractivity contribution in [3.05, 3.63) is 41.4 Å². The van der Waals surface area contributed by atoms with Crippen LogP contribution in [0.3, 0.4) is 0 Å². The number of aromatic amines is 1. The fourth-order valence-electron chi connectivity index (χ4n) is 1.76. The molecule has 3 aromatic rings. The average molecular weight is 314 g/mol. The van der Waals surface area contributed by atoms with Gasteiger partial charge in [-0.1, -0.05) is 17.7 Å². The average Bonchev–Trinajstić information content (AvgIpc) is 2.84. The van der Waals surface area contributed by atoms with E-state index >= 15 is 0 Å². The smallest absolute Gasteiger partial charge is 0.338 e. The Morgan fingerprint density at radius 2 is 2.00 bits per heavy atom. The van der Waals surface area contributed by atoms with Crippen LogP contribution in [0, 0.1) is 0 Å². The van der Waals surface area contributed by atoms with E-state index in [1.165, 1.54) is 0 Å². The van der Waals surface area contributed by atoms with Crippen molar-refractivity contribution in [3.63, 3.8) is 0 Å². The molecule has 0 saturated heterocycles. The molecule has 21 heavy (non-hydrogen) atoms. The number of anilines is 2. The van der Waals surface area contributed by atoms with E-state index in [2.05, 4.69) is 25.3 Å². The summed E-state index contributed by atoms with van der Waals surface area (Å²) in [5, 5.41) is 3.37. The van der Waals surface area contributed by atoms with Gasteiger partial charge in [0.05, 0.1) is 0 Å². The minimum absolute atomic E-state index is 0.0677. The molecule has 2 aromatic heterocycles. The molecule has 0 aliphatic heterocycles. The fraction of sp³-hybridized carbons (Fsp3) is 0.0833. The number of hydrogen-bond donors (Lipinski definition) is 2. The van der Waals surface area contributed by atoms with Crippen molar-refractivity contribution >= 4 is 34.3 Å². The van der Waals surface area contributed by atoms with Gasteiger partial charge in [0.1, 0.15) is 11.8 Å². The topological polar surface area (TPSA) is 66.5 Å². The van der Waals surface area contributed by atoms with E-state index in [0.717, 1.165) is 6.33 Å². The van der Waals surface area contributed by atoms with E-state index in [1.807, 2.05) is 0 Å². The molecule has 2 heterocycles. The molecule has 0 saturated carbocycles. The Morgan fingerprint density at radius 3 is 2.71 bits per heavy atom. The zero-order chi connectivity index (χ0) is 15.0. The molecule has 0 unspecified atom stereocenters. The van der Waals surface area contributed by atoms with Crippen molar-refractivity contribution < 1.29 is 13.2 Å². The Hall–Kier alpha value is -2.35. The Balaban J connectivity index is 2.04. The predicted octanol–water partition coefficient (Wildman–Crippen LogP) is 3.77. The zero-order valence-corrected chi connectivity index (χ0v) is 11.0. The highest BCUT2D eigenvalue weighted by Gasteiger charge is 2.35. The quantitative estimate of drug-likeness (QED) is 0.756. The third kappa shape index (κ3) is 2.75. The number of nitrogens with zero attached hydrogens (tertiary/aromatic N) is 3. The maximum Gasteiger partial charge on any atom is 0.449 e. The number of hydrogen-bond acceptors (Lipinski definition) is 4. The SMILES string of the molecule is FC(F)(F)c1nc2ncnc(Nc3cccc(Cl)c3)c2[nH]1. The van der Waals surface area contributed by atoms with Crippen LogP contribution in [0.2, 0.25) is 5.02 Å². The third-order valence-corrected chi connectivity index (χ3v) is 2.88. The lowest BCUT2D eigenvalue weighted by Gasteiger charge is -2.06. The van der Waals surface area contributed by atoms with Crippen LogP contribution in [0.25, 0.3) is 11.2 Å². The molecule has 0 radical (unpaired) electrons. The summed E-state index contributed by atoms with van der Waals surface area (Å²) in [6.07, 6.45) is -3.44. The number of H-pyrrole nitrogens is 1. The van der Waals surface area contributed by atoms with Crippen LogP contribution >= 0.6 is 11.6 Å². The third-order valence-electron chi connectivity index (χ3n) is 2.64.